The number of hydrogen-bond donors (Lipinski definition) is 0. The Bertz CT molecular complexity index is 547. The molecule has 0 N–H and O–H groups in total. The van der Waals surface area contributed by atoms with Gasteiger partial charge >= 0.3 is 0 Å². The highest BCUT2D eigenvalue weighted by Crippen LogP contribution is 2.31. The summed E-state index contributed by atoms with van der Waals surface area (Å²) in [6.45, 7) is 9.00. The molecule has 20 heavy (non-hydrogen) atoms. The van der Waals surface area contributed by atoms with Crippen LogP contribution in [0, 0.1) is 0 Å². The van der Waals surface area contributed by atoms with E-state index in [1.807, 2.05) is 12.1 Å². The number of benzene rings is 1. The van der Waals surface area contributed by atoms with E-state index in [1.54, 1.807) is 12.1 Å². The van der Waals surface area contributed by atoms with E-state index in [9.17, 15) is 8.42 Å². The van der Waals surface area contributed by atoms with E-state index >= 15 is 0 Å². The lowest BCUT2D eigenvalue weighted by molar-refractivity contribution is 0.102. The summed E-state index contributed by atoms with van der Waals surface area (Å²) >= 11 is 0. The SMILES string of the molecule is CC(C)(C)N1CCC(c2ccc(S(C)(=O)=O)cc2)CC1. The van der Waals surface area contributed by atoms with Crippen molar-refractivity contribution in [1.82, 2.24) is 4.90 Å². The van der Waals surface area contributed by atoms with Crippen LogP contribution in [-0.2, 0) is 9.84 Å². The summed E-state index contributed by atoms with van der Waals surface area (Å²) in [5.74, 6) is 0.558. The zero-order valence-electron chi connectivity index (χ0n) is 12.9. The van der Waals surface area contributed by atoms with E-state index in [2.05, 4.69) is 25.7 Å². The van der Waals surface area contributed by atoms with E-state index in [1.165, 1.54) is 11.8 Å². The second kappa shape index (κ2) is 5.49. The molecule has 1 heterocycles. The number of sulfone groups is 1. The smallest absolute Gasteiger partial charge is 0.175 e. The highest BCUT2D eigenvalue weighted by atomic mass is 32.2. The van der Waals surface area contributed by atoms with Gasteiger partial charge in [-0.25, -0.2) is 8.42 Å². The molecule has 0 bridgehead atoms. The average Bonchev–Trinajstić information content (AvgIpc) is 2.37. The summed E-state index contributed by atoms with van der Waals surface area (Å²) in [4.78, 5) is 2.93. The first-order chi connectivity index (χ1) is 9.18. The van der Waals surface area contributed by atoms with Crippen LogP contribution in [0.4, 0.5) is 0 Å². The van der Waals surface area contributed by atoms with Crippen LogP contribution in [0.1, 0.15) is 45.1 Å². The van der Waals surface area contributed by atoms with Crippen molar-refractivity contribution in [1.29, 1.82) is 0 Å². The molecule has 1 aromatic rings. The van der Waals surface area contributed by atoms with Gasteiger partial charge in [0.25, 0.3) is 0 Å². The van der Waals surface area contributed by atoms with Crippen molar-refractivity contribution >= 4 is 9.84 Å². The maximum absolute atomic E-state index is 11.5. The third kappa shape index (κ3) is 3.61. The van der Waals surface area contributed by atoms with Gasteiger partial charge in [0.1, 0.15) is 0 Å². The van der Waals surface area contributed by atoms with Gasteiger partial charge in [-0.15, -0.1) is 0 Å². The Hall–Kier alpha value is -0.870. The van der Waals surface area contributed by atoms with Gasteiger partial charge in [0, 0.05) is 11.8 Å². The molecule has 1 fully saturated rings. The molecule has 1 saturated heterocycles. The summed E-state index contributed by atoms with van der Waals surface area (Å²) in [7, 11) is -3.09. The average molecular weight is 295 g/mol. The highest BCUT2D eigenvalue weighted by Gasteiger charge is 2.27. The van der Waals surface area contributed by atoms with Gasteiger partial charge in [-0.2, -0.15) is 0 Å². The summed E-state index contributed by atoms with van der Waals surface area (Å²) in [6, 6.07) is 7.43. The molecule has 0 radical (unpaired) electrons. The molecule has 3 nitrogen and oxygen atoms in total. The Labute approximate surface area is 122 Å². The van der Waals surface area contributed by atoms with Crippen LogP contribution >= 0.6 is 0 Å². The normalized spacial score (nSPS) is 19.2. The molecule has 1 aromatic carbocycles. The van der Waals surface area contributed by atoms with Crippen LogP contribution in [0.3, 0.4) is 0 Å². The molecular weight excluding hydrogens is 270 g/mol. The van der Waals surface area contributed by atoms with Crippen LogP contribution in [-0.4, -0.2) is 38.2 Å². The quantitative estimate of drug-likeness (QED) is 0.841. The molecule has 0 spiro atoms. The second-order valence-electron chi connectivity index (χ2n) is 6.77. The fourth-order valence-electron chi connectivity index (χ4n) is 2.87. The molecule has 0 saturated carbocycles. The van der Waals surface area contributed by atoms with E-state index in [-0.39, 0.29) is 5.54 Å². The molecular formula is C16H25NO2S. The number of piperidine rings is 1. The number of likely N-dealkylation sites (tertiary alicyclic amines) is 1. The third-order valence-electron chi connectivity index (χ3n) is 4.22. The summed E-state index contributed by atoms with van der Waals surface area (Å²) in [5.41, 5.74) is 1.51. The number of hydrogen-bond acceptors (Lipinski definition) is 3. The minimum Gasteiger partial charge on any atom is -0.298 e. The number of rotatable bonds is 2. The van der Waals surface area contributed by atoms with Crippen molar-refractivity contribution in [3.63, 3.8) is 0 Å². The predicted octanol–water partition coefficient (Wildman–Crippen LogP) is 3.07. The maximum Gasteiger partial charge on any atom is 0.175 e. The Morgan fingerprint density at radius 3 is 1.95 bits per heavy atom. The minimum atomic E-state index is -3.09. The van der Waals surface area contributed by atoms with Crippen molar-refractivity contribution in [2.24, 2.45) is 0 Å². The fourth-order valence-corrected chi connectivity index (χ4v) is 3.50. The Balaban J connectivity index is 2.04. The van der Waals surface area contributed by atoms with Crippen LogP contribution < -0.4 is 0 Å². The van der Waals surface area contributed by atoms with Gasteiger partial charge in [-0.05, 0) is 70.3 Å². The molecule has 0 unspecified atom stereocenters. The maximum atomic E-state index is 11.5. The van der Waals surface area contributed by atoms with Crippen molar-refractivity contribution in [2.75, 3.05) is 19.3 Å². The van der Waals surface area contributed by atoms with E-state index in [4.69, 9.17) is 0 Å². The van der Waals surface area contributed by atoms with E-state index in [0.29, 0.717) is 10.8 Å². The molecule has 0 aromatic heterocycles. The summed E-state index contributed by atoms with van der Waals surface area (Å²) in [5, 5.41) is 0. The molecule has 0 aliphatic carbocycles. The first-order valence-electron chi connectivity index (χ1n) is 7.23. The fraction of sp³-hybridized carbons (Fsp3) is 0.625. The summed E-state index contributed by atoms with van der Waals surface area (Å²) < 4.78 is 22.9. The first kappa shape index (κ1) is 15.5. The monoisotopic (exact) mass is 295 g/mol. The van der Waals surface area contributed by atoms with E-state index in [0.717, 1.165) is 25.9 Å². The van der Waals surface area contributed by atoms with Crippen molar-refractivity contribution in [3.05, 3.63) is 29.8 Å². The van der Waals surface area contributed by atoms with Crippen molar-refractivity contribution in [2.45, 2.75) is 50.0 Å². The molecule has 4 heteroatoms. The minimum absolute atomic E-state index is 0.241. The molecule has 0 amide bonds. The Kier molecular flexibility index (Phi) is 4.26. The topological polar surface area (TPSA) is 37.4 Å². The van der Waals surface area contributed by atoms with Crippen molar-refractivity contribution < 1.29 is 8.42 Å². The lowest BCUT2D eigenvalue weighted by Crippen LogP contribution is -2.45. The van der Waals surface area contributed by atoms with Crippen LogP contribution in [0.2, 0.25) is 0 Å². The van der Waals surface area contributed by atoms with Gasteiger partial charge in [0.05, 0.1) is 4.90 Å². The molecule has 1 aliphatic rings. The molecule has 1 aliphatic heterocycles. The van der Waals surface area contributed by atoms with E-state index < -0.39 is 9.84 Å². The largest absolute Gasteiger partial charge is 0.298 e. The first-order valence-corrected chi connectivity index (χ1v) is 9.12. The lowest BCUT2D eigenvalue weighted by Gasteiger charge is -2.41. The van der Waals surface area contributed by atoms with Gasteiger partial charge in [0.2, 0.25) is 0 Å². The zero-order valence-corrected chi connectivity index (χ0v) is 13.7. The second-order valence-corrected chi connectivity index (χ2v) is 8.79. The van der Waals surface area contributed by atoms with Gasteiger partial charge < -0.3 is 0 Å². The van der Waals surface area contributed by atoms with Crippen LogP contribution in [0.5, 0.6) is 0 Å². The predicted molar refractivity (Wildman–Crippen MR) is 82.9 cm³/mol. The Morgan fingerprint density at radius 2 is 1.55 bits per heavy atom. The molecule has 0 atom stereocenters. The van der Waals surface area contributed by atoms with Crippen LogP contribution in [0.15, 0.2) is 29.2 Å². The van der Waals surface area contributed by atoms with Gasteiger partial charge in [-0.1, -0.05) is 12.1 Å². The molecule has 2 rings (SSSR count). The Morgan fingerprint density at radius 1 is 1.05 bits per heavy atom. The zero-order chi connectivity index (χ0) is 15.0. The standard InChI is InChI=1S/C16H25NO2S/c1-16(2,3)17-11-9-14(10-12-17)13-5-7-15(8-6-13)20(4,18)19/h5-8,14H,9-12H2,1-4H3. The van der Waals surface area contributed by atoms with Gasteiger partial charge in [0.15, 0.2) is 9.84 Å². The van der Waals surface area contributed by atoms with Crippen LogP contribution in [0.25, 0.3) is 0 Å². The van der Waals surface area contributed by atoms with Crippen molar-refractivity contribution in [3.8, 4) is 0 Å². The highest BCUT2D eigenvalue weighted by molar-refractivity contribution is 7.90. The number of nitrogens with zero attached hydrogens (tertiary/aromatic N) is 1. The van der Waals surface area contributed by atoms with Gasteiger partial charge in [-0.3, -0.25) is 4.90 Å². The molecule has 112 valence electrons. The lowest BCUT2D eigenvalue weighted by atomic mass is 9.87. The third-order valence-corrected chi connectivity index (χ3v) is 5.35. The summed E-state index contributed by atoms with van der Waals surface area (Å²) in [6.07, 6.45) is 3.55.